The summed E-state index contributed by atoms with van der Waals surface area (Å²) in [5.41, 5.74) is 5.50. The van der Waals surface area contributed by atoms with Gasteiger partial charge in [0.1, 0.15) is 5.56 Å². The molecule has 0 heterocycles. The van der Waals surface area contributed by atoms with Crippen molar-refractivity contribution in [3.63, 3.8) is 0 Å². The van der Waals surface area contributed by atoms with E-state index in [4.69, 9.17) is 14.2 Å². The number of carbonyl (C=O) groups is 2. The van der Waals surface area contributed by atoms with Gasteiger partial charge < -0.3 is 14.2 Å². The van der Waals surface area contributed by atoms with E-state index in [1.165, 1.54) is 21.3 Å². The molecule has 0 aliphatic rings. The number of methoxy groups -OCH3 is 3. The summed E-state index contributed by atoms with van der Waals surface area (Å²) in [4.78, 5) is 35.7. The first-order chi connectivity index (χ1) is 13.7. The molecule has 10 heteroatoms. The molecule has 0 radical (unpaired) electrons. The smallest absolute Gasteiger partial charge is 0.327 e. The molecule has 29 heavy (non-hydrogen) atoms. The Bertz CT molecular complexity index is 973. The maximum Gasteiger partial charge on any atom is 0.327 e. The van der Waals surface area contributed by atoms with E-state index < -0.39 is 22.4 Å². The summed E-state index contributed by atoms with van der Waals surface area (Å²) in [5, 5.41) is 11.6. The third kappa shape index (κ3) is 4.37. The van der Waals surface area contributed by atoms with E-state index in [-0.39, 0.29) is 22.8 Å². The molecular formula is C19H21N3O7. The minimum Gasteiger partial charge on any atom is -0.493 e. The van der Waals surface area contributed by atoms with Gasteiger partial charge in [-0.2, -0.15) is 0 Å². The van der Waals surface area contributed by atoms with Crippen LogP contribution < -0.4 is 25.1 Å². The van der Waals surface area contributed by atoms with Crippen molar-refractivity contribution in [2.24, 2.45) is 0 Å². The Kier molecular flexibility index (Phi) is 6.60. The first-order valence-electron chi connectivity index (χ1n) is 8.40. The van der Waals surface area contributed by atoms with Crippen LogP contribution in [0.4, 0.5) is 5.69 Å². The van der Waals surface area contributed by atoms with Gasteiger partial charge in [0.05, 0.1) is 26.3 Å². The van der Waals surface area contributed by atoms with E-state index >= 15 is 0 Å². The first kappa shape index (κ1) is 21.5. The maximum absolute atomic E-state index is 12.6. The van der Waals surface area contributed by atoms with E-state index in [0.29, 0.717) is 5.56 Å². The first-order valence-corrected chi connectivity index (χ1v) is 8.40. The minimum atomic E-state index is -0.922. The molecule has 2 amide bonds. The van der Waals surface area contributed by atoms with Gasteiger partial charge in [-0.1, -0.05) is 17.7 Å². The van der Waals surface area contributed by atoms with Crippen LogP contribution in [0.2, 0.25) is 0 Å². The second-order valence-electron chi connectivity index (χ2n) is 6.03. The average molecular weight is 403 g/mol. The van der Waals surface area contributed by atoms with Gasteiger partial charge >= 0.3 is 5.69 Å². The van der Waals surface area contributed by atoms with Crippen molar-refractivity contribution < 1.29 is 28.7 Å². The number of ether oxygens (including phenoxy) is 3. The number of aryl methyl sites for hydroxylation is 2. The molecule has 0 atom stereocenters. The number of hydrogen-bond acceptors (Lipinski definition) is 7. The molecular weight excluding hydrogens is 382 g/mol. The zero-order valence-corrected chi connectivity index (χ0v) is 16.6. The van der Waals surface area contributed by atoms with Gasteiger partial charge in [0.2, 0.25) is 11.5 Å². The Balaban J connectivity index is 2.37. The van der Waals surface area contributed by atoms with Crippen molar-refractivity contribution in [3.05, 3.63) is 56.6 Å². The summed E-state index contributed by atoms with van der Waals surface area (Å²) in [6.45, 7) is 3.65. The van der Waals surface area contributed by atoms with Crippen molar-refractivity contribution in [2.75, 3.05) is 21.3 Å². The number of hydrogen-bond donors (Lipinski definition) is 2. The van der Waals surface area contributed by atoms with E-state index in [9.17, 15) is 19.7 Å². The molecule has 10 nitrogen and oxygen atoms in total. The molecule has 2 aromatic rings. The predicted molar refractivity (Wildman–Crippen MR) is 104 cm³/mol. The van der Waals surface area contributed by atoms with Gasteiger partial charge in [-0.25, -0.2) is 0 Å². The topological polar surface area (TPSA) is 129 Å². The molecule has 0 spiro atoms. The number of amides is 2. The van der Waals surface area contributed by atoms with Crippen LogP contribution in [0, 0.1) is 24.0 Å². The highest BCUT2D eigenvalue weighted by Gasteiger charge is 2.32. The van der Waals surface area contributed by atoms with E-state index in [0.717, 1.165) is 17.2 Å². The Labute approximate surface area is 166 Å². The zero-order valence-electron chi connectivity index (χ0n) is 16.6. The van der Waals surface area contributed by atoms with E-state index in [2.05, 4.69) is 10.9 Å². The third-order valence-electron chi connectivity index (χ3n) is 4.15. The molecule has 0 aliphatic heterocycles. The highest BCUT2D eigenvalue weighted by atomic mass is 16.6. The molecule has 2 aromatic carbocycles. The number of rotatable bonds is 6. The van der Waals surface area contributed by atoms with Crippen LogP contribution in [0.5, 0.6) is 17.2 Å². The van der Waals surface area contributed by atoms with Crippen LogP contribution in [-0.4, -0.2) is 38.1 Å². The Morgan fingerprint density at radius 3 is 1.97 bits per heavy atom. The van der Waals surface area contributed by atoms with Crippen molar-refractivity contribution in [1.82, 2.24) is 10.9 Å². The Morgan fingerprint density at radius 2 is 1.48 bits per heavy atom. The highest BCUT2D eigenvalue weighted by Crippen LogP contribution is 2.46. The fraction of sp³-hybridized carbons (Fsp3) is 0.263. The van der Waals surface area contributed by atoms with Crippen molar-refractivity contribution in [3.8, 4) is 17.2 Å². The summed E-state index contributed by atoms with van der Waals surface area (Å²) in [7, 11) is 3.80. The van der Waals surface area contributed by atoms with Gasteiger partial charge in [-0.05, 0) is 25.5 Å². The lowest BCUT2D eigenvalue weighted by molar-refractivity contribution is -0.386. The molecule has 0 unspecified atom stereocenters. The van der Waals surface area contributed by atoms with Crippen LogP contribution in [0.3, 0.4) is 0 Å². The minimum absolute atomic E-state index is 0.0300. The molecule has 0 saturated carbocycles. The maximum atomic E-state index is 12.6. The van der Waals surface area contributed by atoms with Gasteiger partial charge in [0.15, 0.2) is 5.75 Å². The van der Waals surface area contributed by atoms with Crippen LogP contribution in [-0.2, 0) is 0 Å². The van der Waals surface area contributed by atoms with Gasteiger partial charge in [-0.3, -0.25) is 30.6 Å². The van der Waals surface area contributed by atoms with Gasteiger partial charge in [-0.15, -0.1) is 0 Å². The molecule has 0 aromatic heterocycles. The Morgan fingerprint density at radius 1 is 0.897 bits per heavy atom. The lowest BCUT2D eigenvalue weighted by atomic mass is 10.1. The SMILES string of the molecule is COc1cc(C(=O)NNC(=O)c2ccc(C)cc2C)c([N+](=O)[O-])c(OC)c1OC. The average Bonchev–Trinajstić information content (AvgIpc) is 2.69. The summed E-state index contributed by atoms with van der Waals surface area (Å²) in [6, 6.07) is 6.33. The molecule has 0 aliphatic carbocycles. The largest absolute Gasteiger partial charge is 0.493 e. The quantitative estimate of drug-likeness (QED) is 0.559. The summed E-state index contributed by atoms with van der Waals surface area (Å²) in [5.74, 6) is -1.74. The number of nitrogens with zero attached hydrogens (tertiary/aromatic N) is 1. The van der Waals surface area contributed by atoms with Gasteiger partial charge in [0, 0.05) is 11.6 Å². The summed E-state index contributed by atoms with van der Waals surface area (Å²) in [6.07, 6.45) is 0. The normalized spacial score (nSPS) is 10.1. The van der Waals surface area contributed by atoms with Crippen molar-refractivity contribution in [2.45, 2.75) is 13.8 Å². The highest BCUT2D eigenvalue weighted by molar-refractivity contribution is 6.03. The number of nitro groups is 1. The molecule has 0 fully saturated rings. The lowest BCUT2D eigenvalue weighted by Gasteiger charge is -2.15. The third-order valence-corrected chi connectivity index (χ3v) is 4.15. The van der Waals surface area contributed by atoms with E-state index in [1.807, 2.05) is 13.0 Å². The molecule has 154 valence electrons. The van der Waals surface area contributed by atoms with E-state index in [1.54, 1.807) is 19.1 Å². The predicted octanol–water partition coefficient (Wildman–Crippen LogP) is 2.31. The lowest BCUT2D eigenvalue weighted by Crippen LogP contribution is -2.42. The van der Waals surface area contributed by atoms with Crippen LogP contribution in [0.15, 0.2) is 24.3 Å². The Hall–Kier alpha value is -3.82. The number of nitro benzene ring substituents is 1. The molecule has 2 N–H and O–H groups in total. The summed E-state index contributed by atoms with van der Waals surface area (Å²) >= 11 is 0. The molecule has 2 rings (SSSR count). The number of benzene rings is 2. The van der Waals surface area contributed by atoms with Gasteiger partial charge in [0.25, 0.3) is 11.8 Å². The fourth-order valence-electron chi connectivity index (χ4n) is 2.81. The van der Waals surface area contributed by atoms with Crippen LogP contribution >= 0.6 is 0 Å². The number of hydrazine groups is 1. The second-order valence-corrected chi connectivity index (χ2v) is 6.03. The summed E-state index contributed by atoms with van der Waals surface area (Å²) < 4.78 is 15.3. The fourth-order valence-corrected chi connectivity index (χ4v) is 2.81. The standard InChI is InChI=1S/C19H21N3O7/c1-10-6-7-12(11(2)8-10)18(23)20-21-19(24)13-9-14(27-3)16(28-4)17(29-5)15(13)22(25)26/h6-9H,1-5H3,(H,20,23)(H,21,24). The van der Waals surface area contributed by atoms with Crippen molar-refractivity contribution >= 4 is 17.5 Å². The van der Waals surface area contributed by atoms with Crippen LogP contribution in [0.25, 0.3) is 0 Å². The number of carbonyl (C=O) groups excluding carboxylic acids is 2. The monoisotopic (exact) mass is 403 g/mol. The van der Waals surface area contributed by atoms with Crippen LogP contribution in [0.1, 0.15) is 31.8 Å². The molecule has 0 bridgehead atoms. The van der Waals surface area contributed by atoms with Crippen molar-refractivity contribution in [1.29, 1.82) is 0 Å². The number of nitrogens with one attached hydrogen (secondary N) is 2. The zero-order chi connectivity index (χ0) is 21.7. The molecule has 0 saturated heterocycles. The second kappa shape index (κ2) is 8.91.